The van der Waals surface area contributed by atoms with Crippen LogP contribution in [0.15, 0.2) is 42.6 Å². The normalized spacial score (nSPS) is 11.1. The fourth-order valence-corrected chi connectivity index (χ4v) is 2.25. The number of fused-ring (bicyclic) bond motifs is 1. The van der Waals surface area contributed by atoms with Crippen molar-refractivity contribution in [1.82, 2.24) is 9.38 Å². The average molecular weight is 236 g/mol. The molecule has 0 bridgehead atoms. The van der Waals surface area contributed by atoms with Gasteiger partial charge in [0.25, 0.3) is 0 Å². The van der Waals surface area contributed by atoms with Gasteiger partial charge in [-0.25, -0.2) is 4.98 Å². The van der Waals surface area contributed by atoms with E-state index in [-0.39, 0.29) is 0 Å². The Kier molecular flexibility index (Phi) is 2.44. The van der Waals surface area contributed by atoms with Crippen molar-refractivity contribution in [2.24, 2.45) is 0 Å². The number of hydrogen-bond acceptors (Lipinski definition) is 1. The van der Waals surface area contributed by atoms with Crippen LogP contribution in [0.3, 0.4) is 0 Å². The molecule has 90 valence electrons. The smallest absolute Gasteiger partial charge is 0.137 e. The third kappa shape index (κ3) is 1.70. The molecule has 2 aromatic heterocycles. The molecule has 0 radical (unpaired) electrons. The van der Waals surface area contributed by atoms with Crippen LogP contribution in [0.25, 0.3) is 16.9 Å². The second-order valence-electron chi connectivity index (χ2n) is 4.85. The lowest BCUT2D eigenvalue weighted by Gasteiger charge is -2.00. The summed E-state index contributed by atoms with van der Waals surface area (Å²) in [5, 5.41) is 0. The molecule has 0 saturated carbocycles. The zero-order valence-electron chi connectivity index (χ0n) is 10.9. The number of pyridine rings is 1. The van der Waals surface area contributed by atoms with E-state index in [2.05, 4.69) is 67.8 Å². The number of benzene rings is 1. The minimum Gasteiger partial charge on any atom is -0.303 e. The first-order valence-corrected chi connectivity index (χ1v) is 6.17. The Hall–Kier alpha value is -2.09. The van der Waals surface area contributed by atoms with Gasteiger partial charge in [-0.3, -0.25) is 0 Å². The molecule has 3 rings (SSSR count). The van der Waals surface area contributed by atoms with Crippen LogP contribution >= 0.6 is 0 Å². The van der Waals surface area contributed by atoms with E-state index in [1.54, 1.807) is 0 Å². The minimum atomic E-state index is 1.01. The summed E-state index contributed by atoms with van der Waals surface area (Å²) in [6.45, 7) is 6.32. The number of nitrogens with zero attached hydrogens (tertiary/aromatic N) is 2. The van der Waals surface area contributed by atoms with Crippen molar-refractivity contribution in [1.29, 1.82) is 0 Å². The summed E-state index contributed by atoms with van der Waals surface area (Å²) >= 11 is 0. The molecule has 3 aromatic rings. The van der Waals surface area contributed by atoms with Gasteiger partial charge in [-0.05, 0) is 32.4 Å². The molecule has 0 fully saturated rings. The molecule has 1 aromatic carbocycles. The summed E-state index contributed by atoms with van der Waals surface area (Å²) in [7, 11) is 0. The first-order chi connectivity index (χ1) is 8.65. The summed E-state index contributed by atoms with van der Waals surface area (Å²) in [4.78, 5) is 4.72. The van der Waals surface area contributed by atoms with Crippen LogP contribution in [0.5, 0.6) is 0 Å². The average Bonchev–Trinajstić information content (AvgIpc) is 2.68. The molecule has 0 atom stereocenters. The number of hydrogen-bond donors (Lipinski definition) is 0. The number of aryl methyl sites for hydroxylation is 3. The lowest BCUT2D eigenvalue weighted by atomic mass is 10.1. The van der Waals surface area contributed by atoms with Crippen LogP contribution in [0.1, 0.15) is 16.8 Å². The molecule has 0 aliphatic heterocycles. The monoisotopic (exact) mass is 236 g/mol. The minimum absolute atomic E-state index is 1.01. The van der Waals surface area contributed by atoms with Crippen molar-refractivity contribution in [2.45, 2.75) is 20.8 Å². The SMILES string of the molecule is Cc1ccc(-c2nc3ccc(C)cn3c2C)cc1. The lowest BCUT2D eigenvalue weighted by molar-refractivity contribution is 1.09. The van der Waals surface area contributed by atoms with Crippen LogP contribution in [0, 0.1) is 20.8 Å². The highest BCUT2D eigenvalue weighted by Crippen LogP contribution is 2.24. The maximum absolute atomic E-state index is 4.72. The van der Waals surface area contributed by atoms with Crippen molar-refractivity contribution in [3.8, 4) is 11.3 Å². The van der Waals surface area contributed by atoms with Gasteiger partial charge >= 0.3 is 0 Å². The van der Waals surface area contributed by atoms with Gasteiger partial charge in [0.2, 0.25) is 0 Å². The van der Waals surface area contributed by atoms with E-state index in [1.807, 2.05) is 0 Å². The second-order valence-corrected chi connectivity index (χ2v) is 4.85. The van der Waals surface area contributed by atoms with Gasteiger partial charge in [-0.15, -0.1) is 0 Å². The second kappa shape index (κ2) is 3.98. The van der Waals surface area contributed by atoms with Gasteiger partial charge in [-0.1, -0.05) is 35.9 Å². The van der Waals surface area contributed by atoms with E-state index >= 15 is 0 Å². The van der Waals surface area contributed by atoms with Crippen molar-refractivity contribution >= 4 is 5.65 Å². The van der Waals surface area contributed by atoms with E-state index < -0.39 is 0 Å². The van der Waals surface area contributed by atoms with Crippen LogP contribution in [0.4, 0.5) is 0 Å². The summed E-state index contributed by atoms with van der Waals surface area (Å²) < 4.78 is 2.16. The molecule has 0 saturated heterocycles. The number of rotatable bonds is 1. The first kappa shape index (κ1) is 11.0. The fraction of sp³-hybridized carbons (Fsp3) is 0.188. The number of imidazole rings is 1. The van der Waals surface area contributed by atoms with Crippen LogP contribution in [0.2, 0.25) is 0 Å². The van der Waals surface area contributed by atoms with Gasteiger partial charge in [0.15, 0.2) is 0 Å². The molecule has 2 nitrogen and oxygen atoms in total. The summed E-state index contributed by atoms with van der Waals surface area (Å²) in [6.07, 6.45) is 2.13. The number of aromatic nitrogens is 2. The third-order valence-electron chi connectivity index (χ3n) is 3.33. The Balaban J connectivity index is 2.23. The van der Waals surface area contributed by atoms with Crippen LogP contribution in [-0.4, -0.2) is 9.38 Å². The van der Waals surface area contributed by atoms with Crippen LogP contribution in [-0.2, 0) is 0 Å². The van der Waals surface area contributed by atoms with Crippen LogP contribution < -0.4 is 0 Å². The Morgan fingerprint density at radius 3 is 2.22 bits per heavy atom. The molecule has 18 heavy (non-hydrogen) atoms. The molecule has 0 aliphatic carbocycles. The molecular weight excluding hydrogens is 220 g/mol. The third-order valence-corrected chi connectivity index (χ3v) is 3.33. The molecule has 2 heterocycles. The predicted molar refractivity (Wildman–Crippen MR) is 74.8 cm³/mol. The predicted octanol–water partition coefficient (Wildman–Crippen LogP) is 3.93. The summed E-state index contributed by atoms with van der Waals surface area (Å²) in [5.41, 5.74) is 6.97. The lowest BCUT2D eigenvalue weighted by Crippen LogP contribution is -1.88. The van der Waals surface area contributed by atoms with Crippen molar-refractivity contribution in [3.63, 3.8) is 0 Å². The Bertz CT molecular complexity index is 706. The molecule has 0 N–H and O–H groups in total. The molecule has 0 unspecified atom stereocenters. The first-order valence-electron chi connectivity index (χ1n) is 6.17. The standard InChI is InChI=1S/C16H16N2/c1-11-4-7-14(8-5-11)16-13(3)18-10-12(2)6-9-15(18)17-16/h4-10H,1-3H3. The van der Waals surface area contributed by atoms with Gasteiger partial charge in [0.1, 0.15) is 5.65 Å². The van der Waals surface area contributed by atoms with E-state index in [9.17, 15) is 0 Å². The highest BCUT2D eigenvalue weighted by Gasteiger charge is 2.09. The molecule has 0 spiro atoms. The molecule has 0 amide bonds. The zero-order chi connectivity index (χ0) is 12.7. The highest BCUT2D eigenvalue weighted by atomic mass is 15.0. The summed E-state index contributed by atoms with van der Waals surface area (Å²) in [6, 6.07) is 12.7. The Morgan fingerprint density at radius 2 is 1.50 bits per heavy atom. The highest BCUT2D eigenvalue weighted by molar-refractivity contribution is 5.66. The van der Waals surface area contributed by atoms with Crippen molar-refractivity contribution in [3.05, 3.63) is 59.4 Å². The summed E-state index contributed by atoms with van der Waals surface area (Å²) in [5.74, 6) is 0. The fourth-order valence-electron chi connectivity index (χ4n) is 2.25. The van der Waals surface area contributed by atoms with E-state index in [0.29, 0.717) is 0 Å². The van der Waals surface area contributed by atoms with E-state index in [0.717, 1.165) is 11.3 Å². The van der Waals surface area contributed by atoms with Gasteiger partial charge in [0, 0.05) is 17.5 Å². The van der Waals surface area contributed by atoms with Gasteiger partial charge in [-0.2, -0.15) is 0 Å². The molecule has 2 heteroatoms. The topological polar surface area (TPSA) is 17.3 Å². The quantitative estimate of drug-likeness (QED) is 0.626. The van der Waals surface area contributed by atoms with E-state index in [4.69, 9.17) is 4.98 Å². The van der Waals surface area contributed by atoms with Gasteiger partial charge in [0.05, 0.1) is 5.69 Å². The van der Waals surface area contributed by atoms with Crippen molar-refractivity contribution < 1.29 is 0 Å². The Morgan fingerprint density at radius 1 is 0.833 bits per heavy atom. The van der Waals surface area contributed by atoms with Crippen molar-refractivity contribution in [2.75, 3.05) is 0 Å². The molecule has 0 aliphatic rings. The Labute approximate surface area is 107 Å². The largest absolute Gasteiger partial charge is 0.303 e. The molecular formula is C16H16N2. The maximum atomic E-state index is 4.72. The van der Waals surface area contributed by atoms with Gasteiger partial charge < -0.3 is 4.40 Å². The zero-order valence-corrected chi connectivity index (χ0v) is 10.9. The maximum Gasteiger partial charge on any atom is 0.137 e. The van der Waals surface area contributed by atoms with E-state index in [1.165, 1.54) is 22.4 Å².